The molecule has 0 heterocycles. The van der Waals surface area contributed by atoms with E-state index in [-0.39, 0.29) is 6.61 Å². The number of aliphatic hydroxyl groups excluding tert-OH is 1. The first kappa shape index (κ1) is 9.07. The lowest BCUT2D eigenvalue weighted by Gasteiger charge is -2.04. The molecule has 0 aliphatic rings. The minimum atomic E-state index is 0.0571. The van der Waals surface area contributed by atoms with Crippen LogP contribution in [0.3, 0.4) is 0 Å². The zero-order valence-corrected chi connectivity index (χ0v) is 6.99. The van der Waals surface area contributed by atoms with E-state index in [0.717, 1.165) is 17.7 Å². The Balaban J connectivity index is 2.60. The highest BCUT2D eigenvalue weighted by Gasteiger charge is 1.93. The Morgan fingerprint density at radius 2 is 2.25 bits per heavy atom. The van der Waals surface area contributed by atoms with Crippen LogP contribution >= 0.6 is 0 Å². The van der Waals surface area contributed by atoms with Crippen LogP contribution in [0.25, 0.3) is 0 Å². The van der Waals surface area contributed by atoms with Crippen molar-refractivity contribution in [2.45, 2.75) is 13.0 Å². The second-order valence-corrected chi connectivity index (χ2v) is 2.51. The number of hydrogen-bond donors (Lipinski definition) is 1. The Bertz CT molecular complexity index is 233. The molecule has 1 radical (unpaired) electrons. The highest BCUT2D eigenvalue weighted by Crippen LogP contribution is 2.13. The maximum atomic E-state index is 8.82. The van der Waals surface area contributed by atoms with Gasteiger partial charge in [0.1, 0.15) is 5.75 Å². The third-order valence-corrected chi connectivity index (χ3v) is 1.49. The molecule has 0 saturated carbocycles. The molecule has 0 saturated heterocycles. The van der Waals surface area contributed by atoms with E-state index in [0.29, 0.717) is 6.61 Å². The third kappa shape index (κ3) is 2.55. The molecule has 1 N–H and O–H groups in total. The zero-order valence-electron chi connectivity index (χ0n) is 6.99. The smallest absolute Gasteiger partial charge is 0.119 e. The van der Waals surface area contributed by atoms with Gasteiger partial charge in [0, 0.05) is 0 Å². The average molecular weight is 165 g/mol. The summed E-state index contributed by atoms with van der Waals surface area (Å²) in [6.07, 6.45) is 0.753. The summed E-state index contributed by atoms with van der Waals surface area (Å²) in [7, 11) is 0. The molecule has 0 amide bonds. The quantitative estimate of drug-likeness (QED) is 0.737. The summed E-state index contributed by atoms with van der Waals surface area (Å²) in [6, 6.07) is 7.42. The molecule has 0 spiro atoms. The van der Waals surface area contributed by atoms with Crippen molar-refractivity contribution in [2.24, 2.45) is 0 Å². The minimum Gasteiger partial charge on any atom is -0.494 e. The van der Waals surface area contributed by atoms with Crippen molar-refractivity contribution in [1.82, 2.24) is 0 Å². The molecule has 1 aromatic rings. The summed E-state index contributed by atoms with van der Waals surface area (Å²) in [5.41, 5.74) is 0.872. The SMILES string of the molecule is [CH2]CCOc1cccc(CO)c1. The summed E-state index contributed by atoms with van der Waals surface area (Å²) in [6.45, 7) is 4.35. The van der Waals surface area contributed by atoms with Gasteiger partial charge in [-0.25, -0.2) is 0 Å². The van der Waals surface area contributed by atoms with Crippen LogP contribution in [0.2, 0.25) is 0 Å². The van der Waals surface area contributed by atoms with Crippen molar-refractivity contribution >= 4 is 0 Å². The summed E-state index contributed by atoms with van der Waals surface area (Å²) in [5.74, 6) is 0.796. The van der Waals surface area contributed by atoms with Gasteiger partial charge in [0.2, 0.25) is 0 Å². The molecule has 1 aromatic carbocycles. The fraction of sp³-hybridized carbons (Fsp3) is 0.300. The monoisotopic (exact) mass is 165 g/mol. The lowest BCUT2D eigenvalue weighted by atomic mass is 10.2. The van der Waals surface area contributed by atoms with Crippen molar-refractivity contribution in [3.8, 4) is 5.75 Å². The van der Waals surface area contributed by atoms with Gasteiger partial charge in [0.05, 0.1) is 13.2 Å². The van der Waals surface area contributed by atoms with Crippen LogP contribution in [0.1, 0.15) is 12.0 Å². The first-order chi connectivity index (χ1) is 5.86. The summed E-state index contributed by atoms with van der Waals surface area (Å²) in [5, 5.41) is 8.82. The first-order valence-electron chi connectivity index (χ1n) is 3.98. The van der Waals surface area contributed by atoms with Crippen molar-refractivity contribution in [3.63, 3.8) is 0 Å². The van der Waals surface area contributed by atoms with Gasteiger partial charge in [-0.3, -0.25) is 0 Å². The van der Waals surface area contributed by atoms with Crippen molar-refractivity contribution in [1.29, 1.82) is 0 Å². The molecule has 12 heavy (non-hydrogen) atoms. The molecule has 0 atom stereocenters. The fourth-order valence-electron chi connectivity index (χ4n) is 0.924. The van der Waals surface area contributed by atoms with Gasteiger partial charge >= 0.3 is 0 Å². The molecule has 1 rings (SSSR count). The Hall–Kier alpha value is -1.02. The largest absolute Gasteiger partial charge is 0.494 e. The van der Waals surface area contributed by atoms with Crippen LogP contribution in [-0.2, 0) is 6.61 Å². The second kappa shape index (κ2) is 4.78. The van der Waals surface area contributed by atoms with E-state index >= 15 is 0 Å². The van der Waals surface area contributed by atoms with Crippen LogP contribution in [-0.4, -0.2) is 11.7 Å². The highest BCUT2D eigenvalue weighted by molar-refractivity contribution is 5.27. The number of rotatable bonds is 4. The third-order valence-electron chi connectivity index (χ3n) is 1.49. The van der Waals surface area contributed by atoms with Gasteiger partial charge in [0.15, 0.2) is 0 Å². The van der Waals surface area contributed by atoms with Crippen molar-refractivity contribution < 1.29 is 9.84 Å². The zero-order chi connectivity index (χ0) is 8.81. The minimum absolute atomic E-state index is 0.0571. The van der Waals surface area contributed by atoms with Crippen LogP contribution in [0.5, 0.6) is 5.75 Å². The number of hydrogen-bond acceptors (Lipinski definition) is 2. The van der Waals surface area contributed by atoms with E-state index in [1.807, 2.05) is 24.3 Å². The van der Waals surface area contributed by atoms with Gasteiger partial charge in [-0.1, -0.05) is 12.1 Å². The summed E-state index contributed by atoms with van der Waals surface area (Å²) in [4.78, 5) is 0. The molecule has 0 aromatic heterocycles. The molecule has 0 aliphatic heterocycles. The van der Waals surface area contributed by atoms with E-state index in [9.17, 15) is 0 Å². The predicted octanol–water partition coefficient (Wildman–Crippen LogP) is 1.78. The Morgan fingerprint density at radius 1 is 1.42 bits per heavy atom. The number of benzene rings is 1. The molecule has 2 nitrogen and oxygen atoms in total. The molecular formula is C10H13O2. The van der Waals surface area contributed by atoms with Crippen LogP contribution < -0.4 is 4.74 Å². The molecule has 2 heteroatoms. The lowest BCUT2D eigenvalue weighted by Crippen LogP contribution is -1.95. The van der Waals surface area contributed by atoms with E-state index in [1.54, 1.807) is 0 Å². The molecule has 0 unspecified atom stereocenters. The highest BCUT2D eigenvalue weighted by atomic mass is 16.5. The summed E-state index contributed by atoms with van der Waals surface area (Å²) >= 11 is 0. The molecule has 0 bridgehead atoms. The molecule has 0 fully saturated rings. The van der Waals surface area contributed by atoms with E-state index in [4.69, 9.17) is 9.84 Å². The van der Waals surface area contributed by atoms with Gasteiger partial charge in [-0.2, -0.15) is 0 Å². The van der Waals surface area contributed by atoms with Gasteiger partial charge < -0.3 is 9.84 Å². The Labute approximate surface area is 72.8 Å². The predicted molar refractivity (Wildman–Crippen MR) is 47.8 cm³/mol. The molecular weight excluding hydrogens is 152 g/mol. The van der Waals surface area contributed by atoms with E-state index in [2.05, 4.69) is 6.92 Å². The molecule has 0 aliphatic carbocycles. The standard InChI is InChI=1S/C10H13O2/c1-2-6-12-10-5-3-4-9(7-10)8-11/h3-5,7,11H,1-2,6,8H2. The average Bonchev–Trinajstić information content (AvgIpc) is 2.15. The van der Waals surface area contributed by atoms with Crippen molar-refractivity contribution in [3.05, 3.63) is 36.8 Å². The van der Waals surface area contributed by atoms with E-state index in [1.165, 1.54) is 0 Å². The van der Waals surface area contributed by atoms with Crippen molar-refractivity contribution in [2.75, 3.05) is 6.61 Å². The Kier molecular flexibility index (Phi) is 3.61. The maximum absolute atomic E-state index is 8.82. The summed E-state index contributed by atoms with van der Waals surface area (Å²) < 4.78 is 5.32. The number of ether oxygens (including phenoxy) is 1. The Morgan fingerprint density at radius 3 is 2.92 bits per heavy atom. The maximum Gasteiger partial charge on any atom is 0.119 e. The topological polar surface area (TPSA) is 29.5 Å². The van der Waals surface area contributed by atoms with Gasteiger partial charge in [0.25, 0.3) is 0 Å². The normalized spacial score (nSPS) is 9.83. The van der Waals surface area contributed by atoms with Crippen LogP contribution in [0.4, 0.5) is 0 Å². The fourth-order valence-corrected chi connectivity index (χ4v) is 0.924. The van der Waals surface area contributed by atoms with E-state index < -0.39 is 0 Å². The molecule has 65 valence electrons. The second-order valence-electron chi connectivity index (χ2n) is 2.51. The van der Waals surface area contributed by atoms with Gasteiger partial charge in [-0.15, -0.1) is 0 Å². The lowest BCUT2D eigenvalue weighted by molar-refractivity contribution is 0.279. The van der Waals surface area contributed by atoms with Crippen LogP contribution in [0.15, 0.2) is 24.3 Å². The first-order valence-corrected chi connectivity index (χ1v) is 3.98. The van der Waals surface area contributed by atoms with Gasteiger partial charge in [-0.05, 0) is 31.0 Å². The van der Waals surface area contributed by atoms with Crippen LogP contribution in [0, 0.1) is 6.92 Å². The number of aliphatic hydroxyl groups is 1.